The predicted octanol–water partition coefficient (Wildman–Crippen LogP) is 3.36. The Balaban J connectivity index is 2.70. The molecule has 0 radical (unpaired) electrons. The minimum atomic E-state index is 0.441. The molecule has 1 aliphatic rings. The van der Waals surface area contributed by atoms with E-state index in [4.69, 9.17) is 5.73 Å². The smallest absolute Gasteiger partial charge is 0.0135 e. The third-order valence-corrected chi connectivity index (χ3v) is 4.70. The average Bonchev–Trinajstić information content (AvgIpc) is 2.26. The Hall–Kier alpha value is -0.0800. The fourth-order valence-corrected chi connectivity index (χ4v) is 3.52. The van der Waals surface area contributed by atoms with Gasteiger partial charge in [-0.05, 0) is 56.0 Å². The molecule has 3 unspecified atom stereocenters. The zero-order chi connectivity index (χ0) is 13.9. The van der Waals surface area contributed by atoms with E-state index in [9.17, 15) is 0 Å². The van der Waals surface area contributed by atoms with Crippen LogP contribution in [0.5, 0.6) is 0 Å². The molecule has 2 nitrogen and oxygen atoms in total. The largest absolute Gasteiger partial charge is 0.330 e. The summed E-state index contributed by atoms with van der Waals surface area (Å²) < 4.78 is 0. The molecule has 0 saturated heterocycles. The average molecular weight is 254 g/mol. The van der Waals surface area contributed by atoms with Gasteiger partial charge in [-0.3, -0.25) is 0 Å². The second kappa shape index (κ2) is 6.38. The first-order chi connectivity index (χ1) is 8.25. The Bertz CT molecular complexity index is 242. The fourth-order valence-electron chi connectivity index (χ4n) is 3.52. The normalized spacial score (nSPS) is 30.2. The Kier molecular flexibility index (Phi) is 5.67. The maximum atomic E-state index is 5.99. The first-order valence-corrected chi connectivity index (χ1v) is 7.66. The minimum absolute atomic E-state index is 0.441. The van der Waals surface area contributed by atoms with Crippen LogP contribution in [0.1, 0.15) is 53.9 Å². The molecule has 0 aromatic carbocycles. The third kappa shape index (κ3) is 4.24. The molecule has 1 rings (SSSR count). The predicted molar refractivity (Wildman–Crippen MR) is 80.6 cm³/mol. The van der Waals surface area contributed by atoms with Crippen molar-refractivity contribution in [2.45, 2.75) is 59.9 Å². The Morgan fingerprint density at radius 3 is 2.28 bits per heavy atom. The molecule has 1 aliphatic carbocycles. The van der Waals surface area contributed by atoms with Gasteiger partial charge in [0.2, 0.25) is 0 Å². The van der Waals surface area contributed by atoms with Gasteiger partial charge in [0, 0.05) is 12.6 Å². The summed E-state index contributed by atoms with van der Waals surface area (Å²) in [5, 5.41) is 0. The SMILES string of the molecule is CC(C)CN(C)C1CC(C(C)(C)C)CCC1CN. The van der Waals surface area contributed by atoms with E-state index >= 15 is 0 Å². The van der Waals surface area contributed by atoms with Gasteiger partial charge < -0.3 is 10.6 Å². The minimum Gasteiger partial charge on any atom is -0.330 e. The van der Waals surface area contributed by atoms with Crippen molar-refractivity contribution < 1.29 is 0 Å². The highest BCUT2D eigenvalue weighted by Crippen LogP contribution is 2.41. The number of nitrogens with two attached hydrogens (primary N) is 1. The summed E-state index contributed by atoms with van der Waals surface area (Å²) in [4.78, 5) is 2.57. The van der Waals surface area contributed by atoms with Gasteiger partial charge in [0.1, 0.15) is 0 Å². The van der Waals surface area contributed by atoms with Crippen LogP contribution in [-0.4, -0.2) is 31.1 Å². The second-order valence-electron chi connectivity index (χ2n) is 7.77. The summed E-state index contributed by atoms with van der Waals surface area (Å²) in [6.45, 7) is 13.8. The monoisotopic (exact) mass is 254 g/mol. The van der Waals surface area contributed by atoms with Crippen molar-refractivity contribution in [2.75, 3.05) is 20.1 Å². The Morgan fingerprint density at radius 1 is 1.22 bits per heavy atom. The van der Waals surface area contributed by atoms with Crippen molar-refractivity contribution in [3.05, 3.63) is 0 Å². The van der Waals surface area contributed by atoms with Crippen LogP contribution in [0.2, 0.25) is 0 Å². The van der Waals surface area contributed by atoms with E-state index in [2.05, 4.69) is 46.6 Å². The number of hydrogen-bond donors (Lipinski definition) is 1. The topological polar surface area (TPSA) is 29.3 Å². The van der Waals surface area contributed by atoms with Crippen LogP contribution < -0.4 is 5.73 Å². The second-order valence-corrected chi connectivity index (χ2v) is 7.77. The molecular weight excluding hydrogens is 220 g/mol. The fraction of sp³-hybridized carbons (Fsp3) is 1.00. The molecule has 0 spiro atoms. The molecular formula is C16H34N2. The molecule has 108 valence electrons. The summed E-state index contributed by atoms with van der Waals surface area (Å²) in [7, 11) is 2.29. The number of nitrogens with zero attached hydrogens (tertiary/aromatic N) is 1. The van der Waals surface area contributed by atoms with Crippen LogP contribution in [0.25, 0.3) is 0 Å². The summed E-state index contributed by atoms with van der Waals surface area (Å²) in [5.74, 6) is 2.29. The van der Waals surface area contributed by atoms with E-state index < -0.39 is 0 Å². The lowest BCUT2D eigenvalue weighted by molar-refractivity contribution is 0.0538. The molecule has 0 aromatic heterocycles. The van der Waals surface area contributed by atoms with Crippen molar-refractivity contribution >= 4 is 0 Å². The molecule has 1 saturated carbocycles. The van der Waals surface area contributed by atoms with E-state index in [1.54, 1.807) is 0 Å². The van der Waals surface area contributed by atoms with Crippen molar-refractivity contribution in [3.63, 3.8) is 0 Å². The van der Waals surface area contributed by atoms with E-state index in [-0.39, 0.29) is 0 Å². The van der Waals surface area contributed by atoms with Crippen LogP contribution >= 0.6 is 0 Å². The molecule has 0 aliphatic heterocycles. The van der Waals surface area contributed by atoms with Gasteiger partial charge in [0.05, 0.1) is 0 Å². The van der Waals surface area contributed by atoms with Crippen molar-refractivity contribution in [3.8, 4) is 0 Å². The van der Waals surface area contributed by atoms with E-state index in [0.29, 0.717) is 17.4 Å². The van der Waals surface area contributed by atoms with Crippen molar-refractivity contribution in [1.82, 2.24) is 4.90 Å². The Morgan fingerprint density at radius 2 is 1.83 bits per heavy atom. The highest BCUT2D eigenvalue weighted by molar-refractivity contribution is 4.90. The summed E-state index contributed by atoms with van der Waals surface area (Å²) in [6, 6.07) is 0.690. The lowest BCUT2D eigenvalue weighted by atomic mass is 9.67. The van der Waals surface area contributed by atoms with Crippen molar-refractivity contribution in [1.29, 1.82) is 0 Å². The molecule has 2 N–H and O–H groups in total. The maximum absolute atomic E-state index is 5.99. The van der Waals surface area contributed by atoms with Crippen molar-refractivity contribution in [2.24, 2.45) is 28.9 Å². The van der Waals surface area contributed by atoms with Gasteiger partial charge in [-0.2, -0.15) is 0 Å². The molecule has 2 heteroatoms. The molecule has 0 bridgehead atoms. The number of rotatable bonds is 4. The van der Waals surface area contributed by atoms with Gasteiger partial charge in [-0.15, -0.1) is 0 Å². The third-order valence-electron chi connectivity index (χ3n) is 4.70. The Labute approximate surface area is 114 Å². The lowest BCUT2D eigenvalue weighted by Gasteiger charge is -2.45. The van der Waals surface area contributed by atoms with E-state index in [1.165, 1.54) is 25.8 Å². The molecule has 0 heterocycles. The van der Waals surface area contributed by atoms with E-state index in [0.717, 1.165) is 18.4 Å². The zero-order valence-electron chi connectivity index (χ0n) is 13.4. The van der Waals surface area contributed by atoms with Crippen LogP contribution in [0.3, 0.4) is 0 Å². The van der Waals surface area contributed by atoms with Gasteiger partial charge in [-0.1, -0.05) is 34.6 Å². The molecule has 18 heavy (non-hydrogen) atoms. The highest BCUT2D eigenvalue weighted by Gasteiger charge is 2.36. The van der Waals surface area contributed by atoms with Gasteiger partial charge in [0.15, 0.2) is 0 Å². The first kappa shape index (κ1) is 16.0. The van der Waals surface area contributed by atoms with Gasteiger partial charge >= 0.3 is 0 Å². The van der Waals surface area contributed by atoms with Crippen LogP contribution in [0.4, 0.5) is 0 Å². The van der Waals surface area contributed by atoms with Crippen LogP contribution in [0, 0.1) is 23.2 Å². The summed E-state index contributed by atoms with van der Waals surface area (Å²) in [5.41, 5.74) is 6.43. The summed E-state index contributed by atoms with van der Waals surface area (Å²) >= 11 is 0. The van der Waals surface area contributed by atoms with E-state index in [1.807, 2.05) is 0 Å². The number of hydrogen-bond acceptors (Lipinski definition) is 2. The van der Waals surface area contributed by atoms with Gasteiger partial charge in [-0.25, -0.2) is 0 Å². The maximum Gasteiger partial charge on any atom is 0.0135 e. The standard InChI is InChI=1S/C16H34N2/c1-12(2)11-18(6)15-9-14(16(3,4)5)8-7-13(15)10-17/h12-15H,7-11,17H2,1-6H3. The van der Waals surface area contributed by atoms with Crippen LogP contribution in [0.15, 0.2) is 0 Å². The van der Waals surface area contributed by atoms with Crippen LogP contribution in [-0.2, 0) is 0 Å². The molecule has 0 aromatic rings. The molecule has 1 fully saturated rings. The lowest BCUT2D eigenvalue weighted by Crippen LogP contribution is -2.48. The molecule has 3 atom stereocenters. The summed E-state index contributed by atoms with van der Waals surface area (Å²) in [6.07, 6.45) is 4.00. The first-order valence-electron chi connectivity index (χ1n) is 7.66. The highest BCUT2D eigenvalue weighted by atomic mass is 15.1. The van der Waals surface area contributed by atoms with Gasteiger partial charge in [0.25, 0.3) is 0 Å². The quantitative estimate of drug-likeness (QED) is 0.833. The zero-order valence-corrected chi connectivity index (χ0v) is 13.4. The molecule has 0 amide bonds.